The average Bonchev–Trinajstić information content (AvgIpc) is 2.50. The van der Waals surface area contributed by atoms with Crippen molar-refractivity contribution in [2.45, 2.75) is 32.7 Å². The SMILES string of the molecule is COC(=O)C1CNC(CC(C)C)C1. The summed E-state index contributed by atoms with van der Waals surface area (Å²) in [6, 6.07) is 0.504. The van der Waals surface area contributed by atoms with Gasteiger partial charge in [-0.05, 0) is 18.8 Å². The molecule has 0 aromatic heterocycles. The van der Waals surface area contributed by atoms with E-state index in [1.165, 1.54) is 7.11 Å². The summed E-state index contributed by atoms with van der Waals surface area (Å²) in [7, 11) is 1.46. The van der Waals surface area contributed by atoms with Gasteiger partial charge < -0.3 is 10.1 Å². The highest BCUT2D eigenvalue weighted by molar-refractivity contribution is 5.73. The van der Waals surface area contributed by atoms with Gasteiger partial charge in [0.05, 0.1) is 13.0 Å². The Bertz CT molecular complexity index is 180. The van der Waals surface area contributed by atoms with Gasteiger partial charge in [0, 0.05) is 12.6 Å². The maximum absolute atomic E-state index is 11.2. The molecule has 1 fully saturated rings. The summed E-state index contributed by atoms with van der Waals surface area (Å²) in [6.45, 7) is 5.18. The van der Waals surface area contributed by atoms with Crippen molar-refractivity contribution in [3.8, 4) is 0 Å². The molecule has 2 unspecified atom stereocenters. The predicted octanol–water partition coefficient (Wildman–Crippen LogP) is 1.18. The summed E-state index contributed by atoms with van der Waals surface area (Å²) in [6.07, 6.45) is 2.08. The largest absolute Gasteiger partial charge is 0.469 e. The monoisotopic (exact) mass is 185 g/mol. The normalized spacial score (nSPS) is 28.0. The van der Waals surface area contributed by atoms with Gasteiger partial charge in [-0.2, -0.15) is 0 Å². The van der Waals surface area contributed by atoms with Crippen molar-refractivity contribution >= 4 is 5.97 Å². The zero-order chi connectivity index (χ0) is 9.84. The van der Waals surface area contributed by atoms with Crippen molar-refractivity contribution in [1.82, 2.24) is 5.32 Å². The number of esters is 1. The zero-order valence-corrected chi connectivity index (χ0v) is 8.67. The van der Waals surface area contributed by atoms with Crippen molar-refractivity contribution < 1.29 is 9.53 Å². The van der Waals surface area contributed by atoms with Crippen LogP contribution in [0, 0.1) is 11.8 Å². The molecule has 1 saturated heterocycles. The second-order valence-corrected chi connectivity index (χ2v) is 4.19. The Balaban J connectivity index is 2.32. The Kier molecular flexibility index (Phi) is 3.72. The highest BCUT2D eigenvalue weighted by atomic mass is 16.5. The third kappa shape index (κ3) is 2.99. The first-order valence-electron chi connectivity index (χ1n) is 4.94. The molecule has 0 aromatic rings. The van der Waals surface area contributed by atoms with Crippen LogP contribution in [0.5, 0.6) is 0 Å². The van der Waals surface area contributed by atoms with Crippen LogP contribution in [0.4, 0.5) is 0 Å². The molecule has 76 valence electrons. The van der Waals surface area contributed by atoms with Gasteiger partial charge >= 0.3 is 5.97 Å². The molecule has 3 nitrogen and oxygen atoms in total. The lowest BCUT2D eigenvalue weighted by molar-refractivity contribution is -0.144. The summed E-state index contributed by atoms with van der Waals surface area (Å²) in [5.41, 5.74) is 0. The summed E-state index contributed by atoms with van der Waals surface area (Å²) in [5, 5.41) is 3.35. The summed E-state index contributed by atoms with van der Waals surface area (Å²) in [5.74, 6) is 0.696. The zero-order valence-electron chi connectivity index (χ0n) is 8.67. The number of ether oxygens (including phenoxy) is 1. The molecule has 1 aliphatic rings. The van der Waals surface area contributed by atoms with Crippen LogP contribution in [-0.2, 0) is 9.53 Å². The Labute approximate surface area is 79.8 Å². The minimum atomic E-state index is -0.0706. The average molecular weight is 185 g/mol. The molecular weight excluding hydrogens is 166 g/mol. The second kappa shape index (κ2) is 4.61. The van der Waals surface area contributed by atoms with Crippen molar-refractivity contribution in [3.63, 3.8) is 0 Å². The van der Waals surface area contributed by atoms with Crippen LogP contribution >= 0.6 is 0 Å². The molecule has 0 radical (unpaired) electrons. The standard InChI is InChI=1S/C10H19NO2/c1-7(2)4-9-5-8(6-11-9)10(12)13-3/h7-9,11H,4-6H2,1-3H3. The Morgan fingerprint density at radius 2 is 2.31 bits per heavy atom. The number of carbonyl (C=O) groups excluding carboxylic acids is 1. The summed E-state index contributed by atoms with van der Waals surface area (Å²) >= 11 is 0. The Morgan fingerprint density at radius 3 is 2.85 bits per heavy atom. The Hall–Kier alpha value is -0.570. The molecular formula is C10H19NO2. The molecule has 1 rings (SSSR count). The first-order valence-corrected chi connectivity index (χ1v) is 4.94. The summed E-state index contributed by atoms with van der Waals surface area (Å²) < 4.78 is 4.71. The van der Waals surface area contributed by atoms with E-state index in [1.54, 1.807) is 0 Å². The first kappa shape index (κ1) is 10.5. The summed E-state index contributed by atoms with van der Waals surface area (Å²) in [4.78, 5) is 11.2. The van der Waals surface area contributed by atoms with Gasteiger partial charge in [-0.15, -0.1) is 0 Å². The van der Waals surface area contributed by atoms with Crippen molar-refractivity contribution in [2.24, 2.45) is 11.8 Å². The van der Waals surface area contributed by atoms with E-state index < -0.39 is 0 Å². The van der Waals surface area contributed by atoms with Gasteiger partial charge in [-0.1, -0.05) is 13.8 Å². The van der Waals surface area contributed by atoms with E-state index in [0.717, 1.165) is 19.4 Å². The molecule has 0 bridgehead atoms. The van der Waals surface area contributed by atoms with Crippen LogP contribution < -0.4 is 5.32 Å². The molecule has 2 atom stereocenters. The van der Waals surface area contributed by atoms with E-state index in [9.17, 15) is 4.79 Å². The predicted molar refractivity (Wildman–Crippen MR) is 51.4 cm³/mol. The number of hydrogen-bond donors (Lipinski definition) is 1. The topological polar surface area (TPSA) is 38.3 Å². The highest BCUT2D eigenvalue weighted by Gasteiger charge is 2.30. The maximum Gasteiger partial charge on any atom is 0.310 e. The fraction of sp³-hybridized carbons (Fsp3) is 0.900. The van der Waals surface area contributed by atoms with Crippen LogP contribution in [0.25, 0.3) is 0 Å². The van der Waals surface area contributed by atoms with Gasteiger partial charge in [-0.3, -0.25) is 4.79 Å². The lowest BCUT2D eigenvalue weighted by atomic mass is 9.99. The number of hydrogen-bond acceptors (Lipinski definition) is 3. The smallest absolute Gasteiger partial charge is 0.310 e. The number of nitrogens with one attached hydrogen (secondary N) is 1. The first-order chi connectivity index (χ1) is 6.13. The molecule has 13 heavy (non-hydrogen) atoms. The van der Waals surface area contributed by atoms with Crippen LogP contribution in [0.15, 0.2) is 0 Å². The van der Waals surface area contributed by atoms with Crippen molar-refractivity contribution in [2.75, 3.05) is 13.7 Å². The van der Waals surface area contributed by atoms with Gasteiger partial charge in [0.25, 0.3) is 0 Å². The van der Waals surface area contributed by atoms with Crippen LogP contribution in [0.2, 0.25) is 0 Å². The van der Waals surface area contributed by atoms with Crippen molar-refractivity contribution in [3.05, 3.63) is 0 Å². The van der Waals surface area contributed by atoms with Crippen LogP contribution in [-0.4, -0.2) is 25.7 Å². The number of rotatable bonds is 3. The van der Waals surface area contributed by atoms with E-state index >= 15 is 0 Å². The minimum Gasteiger partial charge on any atom is -0.469 e. The molecule has 0 aliphatic carbocycles. The molecule has 0 saturated carbocycles. The second-order valence-electron chi connectivity index (χ2n) is 4.19. The number of carbonyl (C=O) groups is 1. The number of methoxy groups -OCH3 is 1. The van der Waals surface area contributed by atoms with Crippen molar-refractivity contribution in [1.29, 1.82) is 0 Å². The quantitative estimate of drug-likeness (QED) is 0.671. The molecule has 3 heteroatoms. The van der Waals surface area contributed by atoms with Gasteiger partial charge in [0.15, 0.2) is 0 Å². The lowest BCUT2D eigenvalue weighted by Crippen LogP contribution is -2.23. The van der Waals surface area contributed by atoms with Crippen LogP contribution in [0.1, 0.15) is 26.7 Å². The fourth-order valence-corrected chi connectivity index (χ4v) is 1.91. The Morgan fingerprint density at radius 1 is 1.62 bits per heavy atom. The van der Waals surface area contributed by atoms with Crippen LogP contribution in [0.3, 0.4) is 0 Å². The fourth-order valence-electron chi connectivity index (χ4n) is 1.91. The molecule has 0 amide bonds. The van der Waals surface area contributed by atoms with E-state index in [0.29, 0.717) is 12.0 Å². The van der Waals surface area contributed by atoms with E-state index in [2.05, 4.69) is 19.2 Å². The third-order valence-electron chi connectivity index (χ3n) is 2.51. The molecule has 1 heterocycles. The molecule has 0 spiro atoms. The van der Waals surface area contributed by atoms with Gasteiger partial charge in [0.2, 0.25) is 0 Å². The van der Waals surface area contributed by atoms with Gasteiger partial charge in [-0.25, -0.2) is 0 Å². The third-order valence-corrected chi connectivity index (χ3v) is 2.51. The minimum absolute atomic E-state index is 0.0706. The van der Waals surface area contributed by atoms with E-state index in [-0.39, 0.29) is 11.9 Å². The van der Waals surface area contributed by atoms with E-state index in [1.807, 2.05) is 0 Å². The lowest BCUT2D eigenvalue weighted by Gasteiger charge is -2.12. The maximum atomic E-state index is 11.2. The van der Waals surface area contributed by atoms with Gasteiger partial charge in [0.1, 0.15) is 0 Å². The molecule has 1 N–H and O–H groups in total. The highest BCUT2D eigenvalue weighted by Crippen LogP contribution is 2.20. The van der Waals surface area contributed by atoms with E-state index in [4.69, 9.17) is 4.74 Å². The molecule has 1 aliphatic heterocycles. The molecule has 0 aromatic carbocycles.